The molecule has 13 heavy (non-hydrogen) atoms. The second-order valence-electron chi connectivity index (χ2n) is 4.21. The summed E-state index contributed by atoms with van der Waals surface area (Å²) in [4.78, 5) is 11.4. The van der Waals surface area contributed by atoms with Gasteiger partial charge in [-0.3, -0.25) is 4.79 Å². The van der Waals surface area contributed by atoms with Crippen molar-refractivity contribution in [1.29, 1.82) is 0 Å². The normalized spacial score (nSPS) is 23.2. The van der Waals surface area contributed by atoms with Crippen molar-refractivity contribution >= 4 is 5.91 Å². The van der Waals surface area contributed by atoms with Crippen molar-refractivity contribution in [3.05, 3.63) is 0 Å². The van der Waals surface area contributed by atoms with Crippen LogP contribution in [0.3, 0.4) is 0 Å². The molecule has 0 spiro atoms. The lowest BCUT2D eigenvalue weighted by molar-refractivity contribution is -0.122. The number of carbonyl (C=O) groups excluding carboxylic acids is 1. The average molecular weight is 184 g/mol. The number of hydrogen-bond acceptors (Lipinski definition) is 2. The van der Waals surface area contributed by atoms with E-state index < -0.39 is 0 Å². The maximum absolute atomic E-state index is 11.4. The summed E-state index contributed by atoms with van der Waals surface area (Å²) in [6, 6.07) is 0.361. The van der Waals surface area contributed by atoms with E-state index in [9.17, 15) is 4.79 Å². The van der Waals surface area contributed by atoms with E-state index in [0.29, 0.717) is 18.4 Å². The summed E-state index contributed by atoms with van der Waals surface area (Å²) in [7, 11) is 0. The highest BCUT2D eigenvalue weighted by molar-refractivity contribution is 5.76. The molecule has 1 heterocycles. The standard InChI is InChI=1S/C10H20N2O/c1-8(2)6-10(13)12-9-4-3-5-11-7-9/h8-9,11H,3-7H2,1-2H3,(H,12,13)/t9-/m1/s1. The first kappa shape index (κ1) is 10.5. The molecule has 1 atom stereocenters. The van der Waals surface area contributed by atoms with Crippen molar-refractivity contribution in [1.82, 2.24) is 10.6 Å². The van der Waals surface area contributed by atoms with Gasteiger partial charge < -0.3 is 10.6 Å². The summed E-state index contributed by atoms with van der Waals surface area (Å²) in [6.45, 7) is 6.16. The lowest BCUT2D eigenvalue weighted by Gasteiger charge is -2.24. The first-order valence-electron chi connectivity index (χ1n) is 5.18. The summed E-state index contributed by atoms with van der Waals surface area (Å²) >= 11 is 0. The third-order valence-corrected chi connectivity index (χ3v) is 2.26. The predicted octanol–water partition coefficient (Wildman–Crippen LogP) is 0.901. The molecular weight excluding hydrogens is 164 g/mol. The number of nitrogens with one attached hydrogen (secondary N) is 2. The average Bonchev–Trinajstić information content (AvgIpc) is 2.04. The highest BCUT2D eigenvalue weighted by Gasteiger charge is 2.15. The van der Waals surface area contributed by atoms with Crippen LogP contribution in [-0.4, -0.2) is 25.0 Å². The second kappa shape index (κ2) is 5.22. The van der Waals surface area contributed by atoms with Gasteiger partial charge >= 0.3 is 0 Å². The molecule has 1 rings (SSSR count). The third kappa shape index (κ3) is 4.27. The van der Waals surface area contributed by atoms with Crippen molar-refractivity contribution in [3.63, 3.8) is 0 Å². The molecule has 2 N–H and O–H groups in total. The Kier molecular flexibility index (Phi) is 4.22. The molecule has 0 aromatic carbocycles. The van der Waals surface area contributed by atoms with Crippen LogP contribution in [0.1, 0.15) is 33.1 Å². The SMILES string of the molecule is CC(C)CC(=O)N[C@@H]1CCCNC1. The van der Waals surface area contributed by atoms with Crippen molar-refractivity contribution in [2.24, 2.45) is 5.92 Å². The van der Waals surface area contributed by atoms with E-state index in [1.54, 1.807) is 0 Å². The number of rotatable bonds is 3. The van der Waals surface area contributed by atoms with Crippen molar-refractivity contribution in [2.75, 3.05) is 13.1 Å². The summed E-state index contributed by atoms with van der Waals surface area (Å²) in [6.07, 6.45) is 2.94. The maximum Gasteiger partial charge on any atom is 0.220 e. The topological polar surface area (TPSA) is 41.1 Å². The summed E-state index contributed by atoms with van der Waals surface area (Å²) in [5.74, 6) is 0.653. The number of hydrogen-bond donors (Lipinski definition) is 2. The van der Waals surface area contributed by atoms with Gasteiger partial charge in [0.05, 0.1) is 0 Å². The van der Waals surface area contributed by atoms with Gasteiger partial charge in [-0.1, -0.05) is 13.8 Å². The second-order valence-corrected chi connectivity index (χ2v) is 4.21. The predicted molar refractivity (Wildman–Crippen MR) is 53.5 cm³/mol. The van der Waals surface area contributed by atoms with Gasteiger partial charge in [0.25, 0.3) is 0 Å². The molecule has 0 aliphatic carbocycles. The quantitative estimate of drug-likeness (QED) is 0.684. The van der Waals surface area contributed by atoms with E-state index in [0.717, 1.165) is 19.5 Å². The van der Waals surface area contributed by atoms with Gasteiger partial charge in [-0.2, -0.15) is 0 Å². The minimum absolute atomic E-state index is 0.198. The molecule has 0 unspecified atom stereocenters. The van der Waals surface area contributed by atoms with Gasteiger partial charge in [0, 0.05) is 19.0 Å². The number of piperidine rings is 1. The molecule has 3 nitrogen and oxygen atoms in total. The first-order valence-corrected chi connectivity index (χ1v) is 5.18. The molecule has 1 amide bonds. The monoisotopic (exact) mass is 184 g/mol. The molecule has 0 radical (unpaired) electrons. The van der Waals surface area contributed by atoms with Crippen LogP contribution < -0.4 is 10.6 Å². The van der Waals surface area contributed by atoms with Gasteiger partial charge in [-0.05, 0) is 25.3 Å². The fourth-order valence-electron chi connectivity index (χ4n) is 1.63. The Bertz CT molecular complexity index is 162. The molecule has 0 saturated carbocycles. The Morgan fingerprint density at radius 2 is 2.38 bits per heavy atom. The fourth-order valence-corrected chi connectivity index (χ4v) is 1.63. The first-order chi connectivity index (χ1) is 6.18. The summed E-state index contributed by atoms with van der Waals surface area (Å²) < 4.78 is 0. The molecule has 1 saturated heterocycles. The van der Waals surface area contributed by atoms with Crippen molar-refractivity contribution < 1.29 is 4.79 Å². The number of carbonyl (C=O) groups is 1. The largest absolute Gasteiger partial charge is 0.352 e. The maximum atomic E-state index is 11.4. The van der Waals surface area contributed by atoms with Gasteiger partial charge in [0.15, 0.2) is 0 Å². The fraction of sp³-hybridized carbons (Fsp3) is 0.900. The molecule has 0 aromatic rings. The van der Waals surface area contributed by atoms with E-state index >= 15 is 0 Å². The van der Waals surface area contributed by atoms with Crippen LogP contribution in [0.25, 0.3) is 0 Å². The molecule has 1 aliphatic heterocycles. The van der Waals surface area contributed by atoms with Crippen molar-refractivity contribution in [2.45, 2.75) is 39.2 Å². The van der Waals surface area contributed by atoms with Crippen LogP contribution in [-0.2, 0) is 4.79 Å². The van der Waals surface area contributed by atoms with Crippen LogP contribution in [0.2, 0.25) is 0 Å². The highest BCUT2D eigenvalue weighted by Crippen LogP contribution is 2.03. The molecule has 1 aliphatic rings. The van der Waals surface area contributed by atoms with E-state index in [1.807, 2.05) is 0 Å². The Hall–Kier alpha value is -0.570. The Morgan fingerprint density at radius 3 is 2.92 bits per heavy atom. The van der Waals surface area contributed by atoms with Crippen LogP contribution in [0.4, 0.5) is 0 Å². The highest BCUT2D eigenvalue weighted by atomic mass is 16.1. The lowest BCUT2D eigenvalue weighted by atomic mass is 10.1. The zero-order chi connectivity index (χ0) is 9.68. The van der Waals surface area contributed by atoms with Crippen LogP contribution in [0.15, 0.2) is 0 Å². The van der Waals surface area contributed by atoms with Crippen LogP contribution >= 0.6 is 0 Å². The van der Waals surface area contributed by atoms with Gasteiger partial charge in [0.2, 0.25) is 5.91 Å². The van der Waals surface area contributed by atoms with Crippen molar-refractivity contribution in [3.8, 4) is 0 Å². The summed E-state index contributed by atoms with van der Waals surface area (Å²) in [5, 5.41) is 6.33. The Morgan fingerprint density at radius 1 is 1.62 bits per heavy atom. The summed E-state index contributed by atoms with van der Waals surface area (Å²) in [5.41, 5.74) is 0. The minimum atomic E-state index is 0.198. The van der Waals surface area contributed by atoms with Gasteiger partial charge in [0.1, 0.15) is 0 Å². The zero-order valence-electron chi connectivity index (χ0n) is 8.60. The Balaban J connectivity index is 2.18. The molecule has 1 fully saturated rings. The molecule has 0 aromatic heterocycles. The van der Waals surface area contributed by atoms with E-state index in [1.165, 1.54) is 6.42 Å². The third-order valence-electron chi connectivity index (χ3n) is 2.26. The zero-order valence-corrected chi connectivity index (χ0v) is 8.60. The van der Waals surface area contributed by atoms with Gasteiger partial charge in [-0.15, -0.1) is 0 Å². The lowest BCUT2D eigenvalue weighted by Crippen LogP contribution is -2.45. The van der Waals surface area contributed by atoms with Crippen LogP contribution in [0, 0.1) is 5.92 Å². The minimum Gasteiger partial charge on any atom is -0.352 e. The molecule has 76 valence electrons. The van der Waals surface area contributed by atoms with E-state index in [2.05, 4.69) is 24.5 Å². The van der Waals surface area contributed by atoms with E-state index in [-0.39, 0.29) is 5.91 Å². The van der Waals surface area contributed by atoms with Gasteiger partial charge in [-0.25, -0.2) is 0 Å². The van der Waals surface area contributed by atoms with Crippen LogP contribution in [0.5, 0.6) is 0 Å². The van der Waals surface area contributed by atoms with E-state index in [4.69, 9.17) is 0 Å². The smallest absolute Gasteiger partial charge is 0.220 e. The number of amides is 1. The molecule has 3 heteroatoms. The Labute approximate surface area is 80.3 Å². The molecule has 0 bridgehead atoms. The molecular formula is C10H20N2O.